The van der Waals surface area contributed by atoms with Gasteiger partial charge in [-0.2, -0.15) is 0 Å². The van der Waals surface area contributed by atoms with Crippen LogP contribution in [0.25, 0.3) is 0 Å². The topological polar surface area (TPSA) is 17.1 Å². The maximum absolute atomic E-state index is 11.0. The van der Waals surface area contributed by atoms with Gasteiger partial charge in [-0.3, -0.25) is 4.79 Å². The van der Waals surface area contributed by atoms with E-state index in [1.54, 1.807) is 11.8 Å². The van der Waals surface area contributed by atoms with Crippen molar-refractivity contribution in [3.05, 3.63) is 59.7 Å². The van der Waals surface area contributed by atoms with Crippen LogP contribution < -0.4 is 0 Å². The van der Waals surface area contributed by atoms with Gasteiger partial charge in [-0.15, -0.1) is 0 Å². The van der Waals surface area contributed by atoms with E-state index >= 15 is 0 Å². The van der Waals surface area contributed by atoms with Gasteiger partial charge in [0.2, 0.25) is 0 Å². The van der Waals surface area contributed by atoms with Crippen molar-refractivity contribution in [1.82, 2.24) is 0 Å². The van der Waals surface area contributed by atoms with Crippen molar-refractivity contribution in [2.45, 2.75) is 16.7 Å². The standard InChI is InChI=1S/C14H12OS/c1-11-7-8-14(12(9-11)10-15)16-13-5-3-2-4-6-13/h2-10H,1H3. The lowest BCUT2D eigenvalue weighted by Crippen LogP contribution is -1.86. The first-order valence-corrected chi connectivity index (χ1v) is 5.90. The second kappa shape index (κ2) is 4.99. The predicted molar refractivity (Wildman–Crippen MR) is 67.1 cm³/mol. The summed E-state index contributed by atoms with van der Waals surface area (Å²) in [6.07, 6.45) is 0.915. The molecule has 80 valence electrons. The molecule has 2 aromatic rings. The molecule has 0 aliphatic carbocycles. The van der Waals surface area contributed by atoms with E-state index in [9.17, 15) is 4.79 Å². The van der Waals surface area contributed by atoms with Crippen molar-refractivity contribution >= 4 is 18.0 Å². The molecule has 0 saturated heterocycles. The Bertz CT molecular complexity index is 491. The van der Waals surface area contributed by atoms with Gasteiger partial charge in [0.1, 0.15) is 0 Å². The highest BCUT2D eigenvalue weighted by atomic mass is 32.2. The summed E-state index contributed by atoms with van der Waals surface area (Å²) >= 11 is 1.62. The van der Waals surface area contributed by atoms with Crippen LogP contribution in [0.1, 0.15) is 15.9 Å². The minimum absolute atomic E-state index is 0.758. The molecule has 0 fully saturated rings. The molecule has 0 aliphatic rings. The molecule has 2 rings (SSSR count). The molecule has 0 aromatic heterocycles. The predicted octanol–water partition coefficient (Wildman–Crippen LogP) is 3.96. The van der Waals surface area contributed by atoms with Crippen LogP contribution in [0.4, 0.5) is 0 Å². The zero-order valence-corrected chi connectivity index (χ0v) is 9.83. The van der Waals surface area contributed by atoms with Gasteiger partial charge < -0.3 is 0 Å². The van der Waals surface area contributed by atoms with Gasteiger partial charge in [-0.25, -0.2) is 0 Å². The summed E-state index contributed by atoms with van der Waals surface area (Å²) in [7, 11) is 0. The Kier molecular flexibility index (Phi) is 3.42. The van der Waals surface area contributed by atoms with Gasteiger partial charge in [0.15, 0.2) is 6.29 Å². The van der Waals surface area contributed by atoms with Crippen LogP contribution in [0.2, 0.25) is 0 Å². The fourth-order valence-corrected chi connectivity index (χ4v) is 2.38. The van der Waals surface area contributed by atoms with Crippen molar-refractivity contribution in [3.8, 4) is 0 Å². The number of hydrogen-bond acceptors (Lipinski definition) is 2. The highest BCUT2D eigenvalue weighted by Crippen LogP contribution is 2.29. The summed E-state index contributed by atoms with van der Waals surface area (Å²) in [4.78, 5) is 13.1. The molecule has 0 aliphatic heterocycles. The third-order valence-electron chi connectivity index (χ3n) is 2.26. The van der Waals surface area contributed by atoms with Gasteiger partial charge in [0.25, 0.3) is 0 Å². The summed E-state index contributed by atoms with van der Waals surface area (Å²) in [5, 5.41) is 0. The number of aryl methyl sites for hydroxylation is 1. The van der Waals surface area contributed by atoms with Gasteiger partial charge >= 0.3 is 0 Å². The normalized spacial score (nSPS) is 10.1. The average molecular weight is 228 g/mol. The van der Waals surface area contributed by atoms with Crippen molar-refractivity contribution in [1.29, 1.82) is 0 Å². The first-order chi connectivity index (χ1) is 7.79. The minimum atomic E-state index is 0.758. The molecule has 16 heavy (non-hydrogen) atoms. The molecular weight excluding hydrogens is 216 g/mol. The van der Waals surface area contributed by atoms with Crippen molar-refractivity contribution < 1.29 is 4.79 Å². The van der Waals surface area contributed by atoms with E-state index in [0.29, 0.717) is 0 Å². The lowest BCUT2D eigenvalue weighted by molar-refractivity contribution is 0.112. The minimum Gasteiger partial charge on any atom is -0.298 e. The Balaban J connectivity index is 2.31. The smallest absolute Gasteiger partial charge is 0.151 e. The first-order valence-electron chi connectivity index (χ1n) is 5.08. The van der Waals surface area contributed by atoms with E-state index in [0.717, 1.165) is 27.2 Å². The molecular formula is C14H12OS. The second-order valence-electron chi connectivity index (χ2n) is 3.57. The molecule has 0 unspecified atom stereocenters. The van der Waals surface area contributed by atoms with E-state index in [2.05, 4.69) is 0 Å². The summed E-state index contributed by atoms with van der Waals surface area (Å²) in [6.45, 7) is 1.99. The molecule has 0 N–H and O–H groups in total. The van der Waals surface area contributed by atoms with Gasteiger partial charge in [0.05, 0.1) is 0 Å². The third-order valence-corrected chi connectivity index (χ3v) is 3.36. The number of carbonyl (C=O) groups excluding carboxylic acids is 1. The Hall–Kier alpha value is -1.54. The first kappa shape index (κ1) is 11.0. The van der Waals surface area contributed by atoms with Crippen LogP contribution in [0, 0.1) is 6.92 Å². The maximum Gasteiger partial charge on any atom is 0.151 e. The van der Waals surface area contributed by atoms with E-state index in [1.807, 2.05) is 55.5 Å². The quantitative estimate of drug-likeness (QED) is 0.740. The lowest BCUT2D eigenvalue weighted by atomic mass is 10.2. The second-order valence-corrected chi connectivity index (χ2v) is 4.69. The Morgan fingerprint density at radius 1 is 1.06 bits per heavy atom. The van der Waals surface area contributed by atoms with E-state index in [-0.39, 0.29) is 0 Å². The molecule has 0 spiro atoms. The third kappa shape index (κ3) is 2.52. The molecule has 2 heteroatoms. The van der Waals surface area contributed by atoms with Crippen LogP contribution in [-0.2, 0) is 0 Å². The fraction of sp³-hybridized carbons (Fsp3) is 0.0714. The molecule has 0 amide bonds. The number of rotatable bonds is 3. The van der Waals surface area contributed by atoms with Crippen molar-refractivity contribution in [2.24, 2.45) is 0 Å². The Labute approximate surface area is 99.5 Å². The Morgan fingerprint density at radius 2 is 1.81 bits per heavy atom. The molecule has 0 bridgehead atoms. The zero-order chi connectivity index (χ0) is 11.4. The number of hydrogen-bond donors (Lipinski definition) is 0. The molecule has 1 nitrogen and oxygen atoms in total. The monoisotopic (exact) mass is 228 g/mol. The van der Waals surface area contributed by atoms with Crippen LogP contribution in [-0.4, -0.2) is 6.29 Å². The molecule has 0 atom stereocenters. The molecule has 2 aromatic carbocycles. The largest absolute Gasteiger partial charge is 0.298 e. The number of aldehydes is 1. The molecule has 0 heterocycles. The number of benzene rings is 2. The van der Waals surface area contributed by atoms with Gasteiger partial charge in [-0.05, 0) is 31.2 Å². The lowest BCUT2D eigenvalue weighted by Gasteiger charge is -2.05. The fourth-order valence-electron chi connectivity index (χ4n) is 1.47. The van der Waals surface area contributed by atoms with Crippen molar-refractivity contribution in [2.75, 3.05) is 0 Å². The van der Waals surface area contributed by atoms with E-state index in [1.165, 1.54) is 0 Å². The summed E-state index contributed by atoms with van der Waals surface area (Å²) in [5.41, 5.74) is 1.87. The summed E-state index contributed by atoms with van der Waals surface area (Å²) < 4.78 is 0. The number of carbonyl (C=O) groups is 1. The average Bonchev–Trinajstić information content (AvgIpc) is 2.33. The van der Waals surface area contributed by atoms with Crippen molar-refractivity contribution in [3.63, 3.8) is 0 Å². The SMILES string of the molecule is Cc1ccc(Sc2ccccc2)c(C=O)c1. The Morgan fingerprint density at radius 3 is 2.50 bits per heavy atom. The molecule has 0 radical (unpaired) electrons. The van der Waals surface area contributed by atoms with Crippen LogP contribution in [0.5, 0.6) is 0 Å². The summed E-state index contributed by atoms with van der Waals surface area (Å²) in [6, 6.07) is 16.0. The zero-order valence-electron chi connectivity index (χ0n) is 9.01. The summed E-state index contributed by atoms with van der Waals surface area (Å²) in [5.74, 6) is 0. The molecule has 0 saturated carbocycles. The van der Waals surface area contributed by atoms with Crippen LogP contribution in [0.3, 0.4) is 0 Å². The van der Waals surface area contributed by atoms with Crippen LogP contribution in [0.15, 0.2) is 58.3 Å². The van der Waals surface area contributed by atoms with E-state index < -0.39 is 0 Å². The van der Waals surface area contributed by atoms with Crippen LogP contribution >= 0.6 is 11.8 Å². The van der Waals surface area contributed by atoms with E-state index in [4.69, 9.17) is 0 Å². The highest BCUT2D eigenvalue weighted by Gasteiger charge is 2.03. The highest BCUT2D eigenvalue weighted by molar-refractivity contribution is 7.99. The van der Waals surface area contributed by atoms with Gasteiger partial charge in [0, 0.05) is 15.4 Å². The van der Waals surface area contributed by atoms with Gasteiger partial charge in [-0.1, -0.05) is 41.6 Å². The maximum atomic E-state index is 11.0.